The molecular formula is C16H14Cl2F3N3O3S2. The number of amides is 2. The van der Waals surface area contributed by atoms with Crippen molar-refractivity contribution in [2.45, 2.75) is 19.0 Å². The first kappa shape index (κ1) is 22.1. The molecule has 3 heterocycles. The van der Waals surface area contributed by atoms with E-state index in [2.05, 4.69) is 15.0 Å². The van der Waals surface area contributed by atoms with E-state index in [9.17, 15) is 22.8 Å². The third-order valence-electron chi connectivity index (χ3n) is 4.15. The molecule has 0 spiro atoms. The molecule has 0 bridgehead atoms. The molecule has 29 heavy (non-hydrogen) atoms. The number of hydrogen-bond acceptors (Lipinski definition) is 6. The minimum Gasteiger partial charge on any atom is -0.440 e. The molecule has 0 saturated carbocycles. The van der Waals surface area contributed by atoms with Crippen molar-refractivity contribution in [1.29, 1.82) is 0 Å². The van der Waals surface area contributed by atoms with E-state index in [1.807, 2.05) is 0 Å². The fourth-order valence-corrected chi connectivity index (χ4v) is 4.93. The molecule has 2 amide bonds. The minimum atomic E-state index is -4.57. The van der Waals surface area contributed by atoms with Crippen LogP contribution in [0.2, 0.25) is 8.67 Å². The van der Waals surface area contributed by atoms with Crippen LogP contribution < -0.4 is 5.32 Å². The number of halogens is 5. The first-order valence-corrected chi connectivity index (χ1v) is 10.8. The van der Waals surface area contributed by atoms with Gasteiger partial charge in [0.05, 0.1) is 10.0 Å². The van der Waals surface area contributed by atoms with Crippen molar-refractivity contribution in [2.75, 3.05) is 25.0 Å². The molecule has 2 aromatic heterocycles. The Morgan fingerprint density at radius 1 is 1.31 bits per heavy atom. The van der Waals surface area contributed by atoms with Gasteiger partial charge in [-0.2, -0.15) is 13.2 Å². The summed E-state index contributed by atoms with van der Waals surface area (Å²) in [6, 6.07) is 1.70. The second-order valence-corrected chi connectivity index (χ2v) is 9.34. The van der Waals surface area contributed by atoms with Crippen LogP contribution in [0.4, 0.5) is 23.1 Å². The first-order valence-electron chi connectivity index (χ1n) is 8.32. The first-order chi connectivity index (χ1) is 13.6. The highest BCUT2D eigenvalue weighted by atomic mass is 35.5. The van der Waals surface area contributed by atoms with Crippen LogP contribution in [0.3, 0.4) is 0 Å². The highest BCUT2D eigenvalue weighted by Crippen LogP contribution is 2.39. The predicted octanol–water partition coefficient (Wildman–Crippen LogP) is 5.53. The highest BCUT2D eigenvalue weighted by molar-refractivity contribution is 7.20. The molecule has 1 aliphatic heterocycles. The summed E-state index contributed by atoms with van der Waals surface area (Å²) in [4.78, 5) is 29.6. The van der Waals surface area contributed by atoms with Crippen LogP contribution in [-0.2, 0) is 9.53 Å². The summed E-state index contributed by atoms with van der Waals surface area (Å²) in [7, 11) is 0. The zero-order valence-electron chi connectivity index (χ0n) is 14.6. The number of alkyl halides is 3. The Bertz CT molecular complexity index is 896. The molecule has 1 aliphatic rings. The number of carbonyl (C=O) groups is 2. The lowest BCUT2D eigenvalue weighted by molar-refractivity contribution is -0.162. The molecule has 0 radical (unpaired) electrons. The summed E-state index contributed by atoms with van der Waals surface area (Å²) >= 11 is 14.5. The van der Waals surface area contributed by atoms with Gasteiger partial charge in [-0.25, -0.2) is 9.78 Å². The van der Waals surface area contributed by atoms with E-state index in [-0.39, 0.29) is 24.9 Å². The topological polar surface area (TPSA) is 71.5 Å². The number of rotatable bonds is 4. The second kappa shape index (κ2) is 9.07. The molecule has 13 heteroatoms. The number of aromatic nitrogens is 1. The summed E-state index contributed by atoms with van der Waals surface area (Å²) < 4.78 is 41.6. The maximum atomic E-state index is 12.4. The number of likely N-dealkylation sites (tertiary alicyclic amines) is 1. The Kier molecular flexibility index (Phi) is 6.92. The van der Waals surface area contributed by atoms with E-state index in [0.717, 1.165) is 0 Å². The number of thiophene rings is 1. The largest absolute Gasteiger partial charge is 0.440 e. The average Bonchev–Trinajstić information content (AvgIpc) is 3.24. The average molecular weight is 488 g/mol. The Morgan fingerprint density at radius 3 is 2.59 bits per heavy atom. The molecule has 0 aliphatic carbocycles. The Hall–Kier alpha value is -1.56. The lowest BCUT2D eigenvalue weighted by Gasteiger charge is -2.30. The molecule has 1 N–H and O–H groups in total. The second-order valence-electron chi connectivity index (χ2n) is 6.20. The van der Waals surface area contributed by atoms with Gasteiger partial charge in [0.15, 0.2) is 11.7 Å². The number of ether oxygens (including phenoxy) is 1. The Labute approximate surface area is 181 Å². The summed E-state index contributed by atoms with van der Waals surface area (Å²) in [6.07, 6.45) is -4.97. The number of nitrogens with one attached hydrogen (secondary N) is 1. The van der Waals surface area contributed by atoms with Gasteiger partial charge in [-0.05, 0) is 18.9 Å². The summed E-state index contributed by atoms with van der Waals surface area (Å²) in [5, 5.41) is 4.88. The van der Waals surface area contributed by atoms with Crippen LogP contribution in [0, 0.1) is 5.92 Å². The van der Waals surface area contributed by atoms with Gasteiger partial charge in [-0.15, -0.1) is 22.7 Å². The molecule has 6 nitrogen and oxygen atoms in total. The smallest absolute Gasteiger partial charge is 0.422 e. The third kappa shape index (κ3) is 5.97. The number of carbonyl (C=O) groups excluding carboxylic acids is 2. The zero-order chi connectivity index (χ0) is 21.2. The van der Waals surface area contributed by atoms with Crippen LogP contribution in [0.1, 0.15) is 12.8 Å². The normalized spacial score (nSPS) is 15.4. The monoisotopic (exact) mass is 487 g/mol. The van der Waals surface area contributed by atoms with Crippen molar-refractivity contribution < 1.29 is 27.5 Å². The van der Waals surface area contributed by atoms with E-state index in [4.69, 9.17) is 23.2 Å². The molecule has 2 aromatic rings. The van der Waals surface area contributed by atoms with E-state index in [0.29, 0.717) is 37.9 Å². The standard InChI is InChI=1S/C16H14Cl2F3N3O3S2/c17-11-5-9(12(18)29-11)10-6-28-14(22-10)23-13(25)8-1-3-24(4-2-8)15(26)27-7-16(19,20)21/h5-6,8H,1-4,7H2,(H,22,23,25). The molecule has 0 aromatic carbocycles. The number of nitrogens with zero attached hydrogens (tertiary/aromatic N) is 2. The number of thiazole rings is 1. The number of piperidine rings is 1. The molecule has 3 rings (SSSR count). The molecule has 158 valence electrons. The molecule has 1 fully saturated rings. The van der Waals surface area contributed by atoms with Gasteiger partial charge in [0.1, 0.15) is 4.34 Å². The van der Waals surface area contributed by atoms with Gasteiger partial charge in [-0.1, -0.05) is 23.2 Å². The third-order valence-corrected chi connectivity index (χ3v) is 6.40. The minimum absolute atomic E-state index is 0.140. The number of anilines is 1. The van der Waals surface area contributed by atoms with Crippen molar-refractivity contribution in [3.05, 3.63) is 20.1 Å². The molecular weight excluding hydrogens is 474 g/mol. The van der Waals surface area contributed by atoms with E-state index >= 15 is 0 Å². The van der Waals surface area contributed by atoms with Crippen molar-refractivity contribution in [3.8, 4) is 11.3 Å². The maximum Gasteiger partial charge on any atom is 0.422 e. The van der Waals surface area contributed by atoms with Crippen LogP contribution >= 0.6 is 45.9 Å². The van der Waals surface area contributed by atoms with E-state index < -0.39 is 18.9 Å². The van der Waals surface area contributed by atoms with Crippen LogP contribution in [0.15, 0.2) is 11.4 Å². The lowest BCUT2D eigenvalue weighted by atomic mass is 9.96. The lowest BCUT2D eigenvalue weighted by Crippen LogP contribution is -2.42. The van der Waals surface area contributed by atoms with Crippen molar-refractivity contribution in [2.24, 2.45) is 5.92 Å². The van der Waals surface area contributed by atoms with Gasteiger partial charge in [0.2, 0.25) is 5.91 Å². The van der Waals surface area contributed by atoms with Crippen LogP contribution in [-0.4, -0.2) is 47.8 Å². The van der Waals surface area contributed by atoms with Gasteiger partial charge in [-0.3, -0.25) is 4.79 Å². The molecule has 1 saturated heterocycles. The van der Waals surface area contributed by atoms with E-state index in [1.54, 1.807) is 11.4 Å². The van der Waals surface area contributed by atoms with Crippen molar-refractivity contribution >= 4 is 63.0 Å². The summed E-state index contributed by atoms with van der Waals surface area (Å²) in [5.41, 5.74) is 1.28. The van der Waals surface area contributed by atoms with Crippen LogP contribution in [0.25, 0.3) is 11.3 Å². The SMILES string of the molecule is O=C(Nc1nc(-c2cc(Cl)sc2Cl)cs1)C1CCN(C(=O)OCC(F)(F)F)CC1. The summed E-state index contributed by atoms with van der Waals surface area (Å²) in [6.45, 7) is -1.35. The predicted molar refractivity (Wildman–Crippen MR) is 106 cm³/mol. The van der Waals surface area contributed by atoms with Gasteiger partial charge in [0.25, 0.3) is 0 Å². The van der Waals surface area contributed by atoms with Gasteiger partial charge >= 0.3 is 12.3 Å². The highest BCUT2D eigenvalue weighted by Gasteiger charge is 2.33. The van der Waals surface area contributed by atoms with E-state index in [1.165, 1.54) is 27.6 Å². The van der Waals surface area contributed by atoms with Crippen LogP contribution in [0.5, 0.6) is 0 Å². The Balaban J connectivity index is 1.50. The Morgan fingerprint density at radius 2 is 2.00 bits per heavy atom. The fraction of sp³-hybridized carbons (Fsp3) is 0.438. The zero-order valence-corrected chi connectivity index (χ0v) is 17.7. The molecule has 0 unspecified atom stereocenters. The van der Waals surface area contributed by atoms with Crippen molar-refractivity contribution in [1.82, 2.24) is 9.88 Å². The molecule has 0 atom stereocenters. The number of hydrogen-bond donors (Lipinski definition) is 1. The van der Waals surface area contributed by atoms with Gasteiger partial charge < -0.3 is 15.0 Å². The summed E-state index contributed by atoms with van der Waals surface area (Å²) in [5.74, 6) is -0.642. The van der Waals surface area contributed by atoms with Crippen molar-refractivity contribution in [3.63, 3.8) is 0 Å². The maximum absolute atomic E-state index is 12.4. The fourth-order valence-electron chi connectivity index (χ4n) is 2.74. The quantitative estimate of drug-likeness (QED) is 0.615. The van der Waals surface area contributed by atoms with Gasteiger partial charge in [0, 0.05) is 30.0 Å².